The van der Waals surface area contributed by atoms with E-state index in [1.54, 1.807) is 12.3 Å². The van der Waals surface area contributed by atoms with Gasteiger partial charge in [0.2, 0.25) is 0 Å². The van der Waals surface area contributed by atoms with Crippen molar-refractivity contribution >= 4 is 11.2 Å². The maximum Gasteiger partial charge on any atom is 0.160 e. The highest BCUT2D eigenvalue weighted by atomic mass is 19.1. The van der Waals surface area contributed by atoms with Crippen LogP contribution in [0.15, 0.2) is 36.5 Å². The van der Waals surface area contributed by atoms with Crippen molar-refractivity contribution in [2.75, 3.05) is 0 Å². The number of hydrogen-bond acceptors (Lipinski definition) is 3. The van der Waals surface area contributed by atoms with Crippen molar-refractivity contribution in [3.8, 4) is 17.1 Å². The normalized spacial score (nSPS) is 11.1. The Labute approximate surface area is 109 Å². The first-order valence-corrected chi connectivity index (χ1v) is 6.01. The van der Waals surface area contributed by atoms with Gasteiger partial charge in [0, 0.05) is 12.7 Å². The van der Waals surface area contributed by atoms with Crippen LogP contribution in [0.1, 0.15) is 6.92 Å². The van der Waals surface area contributed by atoms with E-state index in [1.807, 2.05) is 17.6 Å². The first-order valence-electron chi connectivity index (χ1n) is 6.01. The molecular weight excluding hydrogens is 245 g/mol. The number of benzene rings is 1. The Morgan fingerprint density at radius 2 is 2.16 bits per heavy atom. The summed E-state index contributed by atoms with van der Waals surface area (Å²) in [6.45, 7) is 2.59. The predicted octanol–water partition coefficient (Wildman–Crippen LogP) is 2.96. The van der Waals surface area contributed by atoms with Crippen LogP contribution in [0.25, 0.3) is 22.6 Å². The number of aromatic nitrogens is 3. The second-order valence-corrected chi connectivity index (χ2v) is 4.19. The van der Waals surface area contributed by atoms with Gasteiger partial charge < -0.3 is 9.67 Å². The molecular formula is C14H12FN3O. The summed E-state index contributed by atoms with van der Waals surface area (Å²) in [7, 11) is 0. The zero-order chi connectivity index (χ0) is 13.4. The van der Waals surface area contributed by atoms with Crippen molar-refractivity contribution in [1.82, 2.24) is 14.5 Å². The van der Waals surface area contributed by atoms with Gasteiger partial charge in [-0.2, -0.15) is 0 Å². The van der Waals surface area contributed by atoms with Gasteiger partial charge in [-0.3, -0.25) is 0 Å². The van der Waals surface area contributed by atoms with E-state index >= 15 is 0 Å². The molecule has 0 fully saturated rings. The number of phenols is 1. The van der Waals surface area contributed by atoms with Gasteiger partial charge in [0.1, 0.15) is 22.9 Å². The summed E-state index contributed by atoms with van der Waals surface area (Å²) in [5.74, 6) is 0.120. The van der Waals surface area contributed by atoms with Crippen LogP contribution in [0.4, 0.5) is 4.39 Å². The number of nitrogens with zero attached hydrogens (tertiary/aromatic N) is 3. The molecule has 4 nitrogen and oxygen atoms in total. The molecule has 19 heavy (non-hydrogen) atoms. The molecule has 0 aliphatic rings. The highest BCUT2D eigenvalue weighted by Gasteiger charge is 2.15. The van der Waals surface area contributed by atoms with E-state index in [2.05, 4.69) is 9.97 Å². The summed E-state index contributed by atoms with van der Waals surface area (Å²) in [6, 6.07) is 7.47. The molecule has 1 aromatic carbocycles. The van der Waals surface area contributed by atoms with Crippen LogP contribution >= 0.6 is 0 Å². The highest BCUT2D eigenvalue weighted by molar-refractivity contribution is 5.78. The lowest BCUT2D eigenvalue weighted by molar-refractivity contribution is 0.474. The minimum Gasteiger partial charge on any atom is -0.507 e. The van der Waals surface area contributed by atoms with Crippen molar-refractivity contribution in [3.05, 3.63) is 42.3 Å². The van der Waals surface area contributed by atoms with Crippen LogP contribution in [-0.2, 0) is 6.54 Å². The third-order valence-corrected chi connectivity index (χ3v) is 3.02. The number of pyridine rings is 1. The molecule has 0 saturated heterocycles. The van der Waals surface area contributed by atoms with Gasteiger partial charge in [0.25, 0.3) is 0 Å². The molecule has 0 saturated carbocycles. The van der Waals surface area contributed by atoms with E-state index in [0.29, 0.717) is 17.9 Å². The van der Waals surface area contributed by atoms with E-state index in [4.69, 9.17) is 0 Å². The fourth-order valence-corrected chi connectivity index (χ4v) is 2.15. The number of fused-ring (bicyclic) bond motifs is 1. The highest BCUT2D eigenvalue weighted by Crippen LogP contribution is 2.31. The molecule has 0 atom stereocenters. The Bertz CT molecular complexity index is 752. The smallest absolute Gasteiger partial charge is 0.160 e. The van der Waals surface area contributed by atoms with Crippen LogP contribution in [0.2, 0.25) is 0 Å². The molecule has 1 N–H and O–H groups in total. The molecule has 2 aromatic heterocycles. The second kappa shape index (κ2) is 4.35. The standard InChI is InChI=1S/C14H12FN3O/c1-2-18-13(10-8-9(15)5-6-12(10)19)17-11-4-3-7-16-14(11)18/h3-8,19H,2H2,1H3. The lowest BCUT2D eigenvalue weighted by Crippen LogP contribution is -1.99. The molecule has 0 aliphatic carbocycles. The molecule has 0 aliphatic heterocycles. The fourth-order valence-electron chi connectivity index (χ4n) is 2.15. The van der Waals surface area contributed by atoms with Gasteiger partial charge in [-0.05, 0) is 37.3 Å². The number of halogens is 1. The van der Waals surface area contributed by atoms with Gasteiger partial charge in [-0.1, -0.05) is 0 Å². The Morgan fingerprint density at radius 1 is 1.32 bits per heavy atom. The third kappa shape index (κ3) is 1.83. The van der Waals surface area contributed by atoms with Crippen LogP contribution in [-0.4, -0.2) is 19.6 Å². The summed E-state index contributed by atoms with van der Waals surface area (Å²) in [6.07, 6.45) is 1.69. The van der Waals surface area contributed by atoms with Crippen LogP contribution < -0.4 is 0 Å². The molecule has 5 heteroatoms. The first kappa shape index (κ1) is 11.6. The number of aromatic hydroxyl groups is 1. The van der Waals surface area contributed by atoms with Crippen LogP contribution in [0, 0.1) is 5.82 Å². The number of imidazole rings is 1. The van der Waals surface area contributed by atoms with Crippen molar-refractivity contribution in [2.24, 2.45) is 0 Å². The Balaban J connectivity index is 2.33. The molecule has 0 spiro atoms. The van der Waals surface area contributed by atoms with Crippen molar-refractivity contribution in [3.63, 3.8) is 0 Å². The van der Waals surface area contributed by atoms with Crippen molar-refractivity contribution < 1.29 is 9.50 Å². The predicted molar refractivity (Wildman–Crippen MR) is 70.3 cm³/mol. The van der Waals surface area contributed by atoms with Crippen molar-refractivity contribution in [2.45, 2.75) is 13.5 Å². The van der Waals surface area contributed by atoms with Gasteiger partial charge >= 0.3 is 0 Å². The number of hydrogen-bond donors (Lipinski definition) is 1. The molecule has 3 rings (SSSR count). The summed E-state index contributed by atoms with van der Waals surface area (Å²) in [5.41, 5.74) is 1.83. The number of aryl methyl sites for hydroxylation is 1. The largest absolute Gasteiger partial charge is 0.507 e. The molecule has 0 bridgehead atoms. The van der Waals surface area contributed by atoms with Gasteiger partial charge in [-0.15, -0.1) is 0 Å². The Kier molecular flexibility index (Phi) is 2.67. The summed E-state index contributed by atoms with van der Waals surface area (Å²) < 4.78 is 15.2. The lowest BCUT2D eigenvalue weighted by Gasteiger charge is -2.07. The zero-order valence-corrected chi connectivity index (χ0v) is 10.3. The second-order valence-electron chi connectivity index (χ2n) is 4.19. The quantitative estimate of drug-likeness (QED) is 0.767. The molecule has 2 heterocycles. The molecule has 0 radical (unpaired) electrons. The van der Waals surface area contributed by atoms with Crippen LogP contribution in [0.5, 0.6) is 5.75 Å². The summed E-state index contributed by atoms with van der Waals surface area (Å²) in [4.78, 5) is 8.70. The Morgan fingerprint density at radius 3 is 2.95 bits per heavy atom. The monoisotopic (exact) mass is 257 g/mol. The van der Waals surface area contributed by atoms with Gasteiger partial charge in [0.05, 0.1) is 5.56 Å². The summed E-state index contributed by atoms with van der Waals surface area (Å²) in [5, 5.41) is 9.89. The van der Waals surface area contributed by atoms with E-state index in [-0.39, 0.29) is 5.75 Å². The van der Waals surface area contributed by atoms with E-state index in [0.717, 1.165) is 11.2 Å². The molecule has 0 unspecified atom stereocenters. The molecule has 0 amide bonds. The lowest BCUT2D eigenvalue weighted by atomic mass is 10.2. The van der Waals surface area contributed by atoms with Crippen LogP contribution in [0.3, 0.4) is 0 Å². The first-order chi connectivity index (χ1) is 9.20. The maximum absolute atomic E-state index is 13.4. The Hall–Kier alpha value is -2.43. The van der Waals surface area contributed by atoms with Crippen molar-refractivity contribution in [1.29, 1.82) is 0 Å². The maximum atomic E-state index is 13.4. The SMILES string of the molecule is CCn1c(-c2cc(F)ccc2O)nc2cccnc21. The average Bonchev–Trinajstić information content (AvgIpc) is 2.79. The molecule has 3 aromatic rings. The number of phenolic OH excluding ortho intramolecular Hbond substituents is 1. The topological polar surface area (TPSA) is 50.9 Å². The zero-order valence-electron chi connectivity index (χ0n) is 10.3. The van der Waals surface area contributed by atoms with E-state index in [1.165, 1.54) is 18.2 Å². The third-order valence-electron chi connectivity index (χ3n) is 3.02. The van der Waals surface area contributed by atoms with Gasteiger partial charge in [0.15, 0.2) is 5.65 Å². The van der Waals surface area contributed by atoms with E-state index < -0.39 is 5.82 Å². The minimum absolute atomic E-state index is 0.00593. The van der Waals surface area contributed by atoms with Gasteiger partial charge in [-0.25, -0.2) is 14.4 Å². The average molecular weight is 257 g/mol. The fraction of sp³-hybridized carbons (Fsp3) is 0.143. The minimum atomic E-state index is -0.407. The van der Waals surface area contributed by atoms with E-state index in [9.17, 15) is 9.50 Å². The summed E-state index contributed by atoms with van der Waals surface area (Å²) >= 11 is 0. The number of rotatable bonds is 2. The molecule has 96 valence electrons.